The van der Waals surface area contributed by atoms with Gasteiger partial charge in [-0.05, 0) is 19.8 Å². The third-order valence-corrected chi connectivity index (χ3v) is 6.20. The zero-order chi connectivity index (χ0) is 25.3. The van der Waals surface area contributed by atoms with Crippen LogP contribution in [0.25, 0.3) is 0 Å². The average Bonchev–Trinajstić information content (AvgIpc) is 3.45. The number of carbonyl (C=O) groups is 1. The van der Waals surface area contributed by atoms with Gasteiger partial charge in [0.1, 0.15) is 0 Å². The summed E-state index contributed by atoms with van der Waals surface area (Å²) >= 11 is 0. The van der Waals surface area contributed by atoms with Crippen LogP contribution < -0.4 is 26.5 Å². The van der Waals surface area contributed by atoms with Gasteiger partial charge >= 0.3 is 17.8 Å². The first-order valence-corrected chi connectivity index (χ1v) is 11.3. The standard InChI is InChI=1S/C21H27F3N6O5/c1-3-4-9-28-15-16(29(13-14-6-5-12-34-14)20(33)26(2)17(15)31)30(35-18(32)21(22,23)24)19(28)27-10-7-25-8-11-27/h14,19,25H,5-13H2,1-2H3. The fraction of sp³-hybridized carbons (Fsp3) is 0.667. The molecule has 4 rings (SSSR count). The van der Waals surface area contributed by atoms with Crippen molar-refractivity contribution < 1.29 is 27.5 Å². The minimum atomic E-state index is -5.29. The second-order valence-electron chi connectivity index (χ2n) is 8.45. The van der Waals surface area contributed by atoms with E-state index in [-0.39, 0.29) is 30.7 Å². The van der Waals surface area contributed by atoms with Crippen LogP contribution in [0.15, 0.2) is 9.59 Å². The zero-order valence-electron chi connectivity index (χ0n) is 19.4. The Morgan fingerprint density at radius 3 is 2.57 bits per heavy atom. The lowest BCUT2D eigenvalue weighted by Gasteiger charge is -2.40. The number of aromatic nitrogens is 2. The van der Waals surface area contributed by atoms with Gasteiger partial charge in [0.25, 0.3) is 5.56 Å². The van der Waals surface area contributed by atoms with Crippen LogP contribution in [0.4, 0.5) is 24.7 Å². The predicted molar refractivity (Wildman–Crippen MR) is 119 cm³/mol. The number of carbonyl (C=O) groups excluding carboxylic acids is 1. The minimum absolute atomic E-state index is 0.0169. The highest BCUT2D eigenvalue weighted by Gasteiger charge is 2.51. The van der Waals surface area contributed by atoms with Crippen molar-refractivity contribution in [1.29, 1.82) is 0 Å². The fourth-order valence-corrected chi connectivity index (χ4v) is 4.54. The lowest BCUT2D eigenvalue weighted by molar-refractivity contribution is -0.203. The number of alkyl halides is 3. The van der Waals surface area contributed by atoms with Gasteiger partial charge in [-0.15, -0.1) is 11.0 Å². The molecule has 0 radical (unpaired) electrons. The van der Waals surface area contributed by atoms with Gasteiger partial charge in [0, 0.05) is 39.8 Å². The second kappa shape index (κ2) is 9.92. The SMILES string of the molecule is CC#CCN1c2c(n(CC3CCCO3)c(=O)n(C)c2=O)N(OC(=O)C(F)(F)F)C1N1CCNCC1. The van der Waals surface area contributed by atoms with E-state index in [4.69, 9.17) is 9.57 Å². The Kier molecular flexibility index (Phi) is 7.11. The number of hydroxylamine groups is 1. The minimum Gasteiger partial charge on any atom is -0.376 e. The molecule has 2 fully saturated rings. The predicted octanol–water partition coefficient (Wildman–Crippen LogP) is -0.415. The third-order valence-electron chi connectivity index (χ3n) is 6.20. The molecule has 11 nitrogen and oxygen atoms in total. The number of anilines is 2. The van der Waals surface area contributed by atoms with Crippen molar-refractivity contribution in [2.75, 3.05) is 49.3 Å². The maximum atomic E-state index is 13.3. The first-order chi connectivity index (χ1) is 16.6. The number of halogens is 3. The van der Waals surface area contributed by atoms with E-state index < -0.39 is 29.7 Å². The number of rotatable bonds is 5. The van der Waals surface area contributed by atoms with Crippen molar-refractivity contribution in [2.24, 2.45) is 7.05 Å². The summed E-state index contributed by atoms with van der Waals surface area (Å²) in [5.74, 6) is 2.89. The summed E-state index contributed by atoms with van der Waals surface area (Å²) in [4.78, 5) is 46.7. The van der Waals surface area contributed by atoms with Gasteiger partial charge in [-0.2, -0.15) is 13.2 Å². The van der Waals surface area contributed by atoms with Crippen molar-refractivity contribution in [3.63, 3.8) is 0 Å². The summed E-state index contributed by atoms with van der Waals surface area (Å²) in [6.07, 6.45) is -5.37. The normalized spacial score (nSPS) is 22.7. The van der Waals surface area contributed by atoms with E-state index in [2.05, 4.69) is 17.2 Å². The zero-order valence-corrected chi connectivity index (χ0v) is 19.4. The van der Waals surface area contributed by atoms with Crippen molar-refractivity contribution >= 4 is 17.5 Å². The lowest BCUT2D eigenvalue weighted by atomic mass is 10.2. The van der Waals surface area contributed by atoms with Gasteiger partial charge in [0.05, 0.1) is 19.2 Å². The van der Waals surface area contributed by atoms with Gasteiger partial charge in [-0.3, -0.25) is 18.8 Å². The van der Waals surface area contributed by atoms with E-state index >= 15 is 0 Å². The second-order valence-corrected chi connectivity index (χ2v) is 8.45. The first-order valence-electron chi connectivity index (χ1n) is 11.3. The summed E-state index contributed by atoms with van der Waals surface area (Å²) in [6.45, 7) is 3.87. The van der Waals surface area contributed by atoms with E-state index in [1.807, 2.05) is 0 Å². The van der Waals surface area contributed by atoms with Crippen LogP contribution in [0.5, 0.6) is 0 Å². The monoisotopic (exact) mass is 500 g/mol. The van der Waals surface area contributed by atoms with Crippen molar-refractivity contribution in [1.82, 2.24) is 19.4 Å². The number of fused-ring (bicyclic) bond motifs is 1. The van der Waals surface area contributed by atoms with E-state index in [9.17, 15) is 27.6 Å². The Labute approximate surface area is 198 Å². The maximum Gasteiger partial charge on any atom is 0.493 e. The molecule has 4 heterocycles. The fourth-order valence-electron chi connectivity index (χ4n) is 4.54. The maximum absolute atomic E-state index is 13.3. The van der Waals surface area contributed by atoms with E-state index in [0.29, 0.717) is 39.2 Å². The first kappa shape index (κ1) is 25.1. The van der Waals surface area contributed by atoms with Crippen LogP contribution in [-0.4, -0.2) is 77.9 Å². The molecule has 0 amide bonds. The summed E-state index contributed by atoms with van der Waals surface area (Å²) in [5, 5.41) is 3.90. The Hall–Kier alpha value is -3.02. The molecule has 0 aliphatic carbocycles. The molecule has 1 aromatic rings. The molecule has 0 aromatic carbocycles. The molecule has 1 N–H and O–H groups in total. The topological polar surface area (TPSA) is 101 Å². The number of ether oxygens (including phenoxy) is 1. The number of nitrogens with one attached hydrogen (secondary N) is 1. The van der Waals surface area contributed by atoms with Crippen LogP contribution in [-0.2, 0) is 28.0 Å². The van der Waals surface area contributed by atoms with E-state index in [0.717, 1.165) is 20.6 Å². The van der Waals surface area contributed by atoms with Gasteiger partial charge in [-0.25, -0.2) is 9.59 Å². The number of piperazine rings is 1. The largest absolute Gasteiger partial charge is 0.493 e. The van der Waals surface area contributed by atoms with Crippen LogP contribution in [0.2, 0.25) is 0 Å². The molecule has 14 heteroatoms. The highest BCUT2D eigenvalue weighted by Crippen LogP contribution is 2.39. The highest BCUT2D eigenvalue weighted by molar-refractivity contribution is 5.80. The molecule has 35 heavy (non-hydrogen) atoms. The smallest absolute Gasteiger partial charge is 0.376 e. The highest BCUT2D eigenvalue weighted by atomic mass is 19.4. The molecular formula is C21H27F3N6O5. The molecule has 0 spiro atoms. The van der Waals surface area contributed by atoms with Crippen LogP contribution >= 0.6 is 0 Å². The van der Waals surface area contributed by atoms with Gasteiger partial charge in [0.2, 0.25) is 0 Å². The van der Waals surface area contributed by atoms with Crippen molar-refractivity contribution in [3.8, 4) is 11.8 Å². The van der Waals surface area contributed by atoms with Crippen LogP contribution in [0, 0.1) is 11.8 Å². The molecule has 192 valence electrons. The molecule has 0 saturated carbocycles. The summed E-state index contributed by atoms with van der Waals surface area (Å²) in [6, 6.07) is 0. The van der Waals surface area contributed by atoms with E-state index in [1.54, 1.807) is 11.8 Å². The summed E-state index contributed by atoms with van der Waals surface area (Å²) < 4.78 is 47.5. The number of hydrogen-bond donors (Lipinski definition) is 1. The Morgan fingerprint density at radius 2 is 1.97 bits per heavy atom. The Bertz CT molecular complexity index is 1140. The number of nitrogens with zero attached hydrogens (tertiary/aromatic N) is 5. The van der Waals surface area contributed by atoms with Crippen molar-refractivity contribution in [2.45, 2.75) is 44.9 Å². The Balaban J connectivity index is 1.92. The third kappa shape index (κ3) is 4.75. The summed E-state index contributed by atoms with van der Waals surface area (Å²) in [5.41, 5.74) is -1.54. The molecule has 2 unspecified atom stereocenters. The molecule has 0 bridgehead atoms. The van der Waals surface area contributed by atoms with Crippen LogP contribution in [0.1, 0.15) is 19.8 Å². The van der Waals surface area contributed by atoms with Crippen LogP contribution in [0.3, 0.4) is 0 Å². The van der Waals surface area contributed by atoms with Gasteiger partial charge in [0.15, 0.2) is 17.8 Å². The molecule has 2 saturated heterocycles. The van der Waals surface area contributed by atoms with Gasteiger partial charge in [-0.1, -0.05) is 5.92 Å². The number of hydrogen-bond acceptors (Lipinski definition) is 9. The lowest BCUT2D eigenvalue weighted by Crippen LogP contribution is -2.61. The molecule has 3 aliphatic rings. The molecule has 1 aromatic heterocycles. The molecule has 2 atom stereocenters. The van der Waals surface area contributed by atoms with Gasteiger partial charge < -0.3 is 19.8 Å². The average molecular weight is 500 g/mol. The summed E-state index contributed by atoms with van der Waals surface area (Å²) in [7, 11) is 1.30. The molecule has 3 aliphatic heterocycles. The van der Waals surface area contributed by atoms with Crippen molar-refractivity contribution in [3.05, 3.63) is 20.8 Å². The Morgan fingerprint density at radius 1 is 1.26 bits per heavy atom. The quantitative estimate of drug-likeness (QED) is 0.541. The van der Waals surface area contributed by atoms with E-state index in [1.165, 1.54) is 11.9 Å². The molecular weight excluding hydrogens is 473 g/mol.